The number of aliphatic hydroxyl groups is 1. The van der Waals surface area contributed by atoms with E-state index >= 15 is 0 Å². The maximum Gasteiger partial charge on any atom is 0.275 e. The molecule has 6 heteroatoms. The predicted octanol–water partition coefficient (Wildman–Crippen LogP) is 2.63. The van der Waals surface area contributed by atoms with Gasteiger partial charge in [0.1, 0.15) is 17.2 Å². The highest BCUT2D eigenvalue weighted by molar-refractivity contribution is 5.93. The topological polar surface area (TPSA) is 94.3 Å². The third kappa shape index (κ3) is 3.54. The average Bonchev–Trinajstić information content (AvgIpc) is 2.34. The predicted molar refractivity (Wildman–Crippen MR) is 71.5 cm³/mol. The Balaban J connectivity index is 3.18. The van der Waals surface area contributed by atoms with Gasteiger partial charge >= 0.3 is 0 Å². The summed E-state index contributed by atoms with van der Waals surface area (Å²) in [6.45, 7) is 4.94. The van der Waals surface area contributed by atoms with Crippen molar-refractivity contribution in [3.05, 3.63) is 34.7 Å². The molecule has 0 heterocycles. The Hall–Kier alpha value is -2.37. The van der Waals surface area contributed by atoms with Crippen molar-refractivity contribution >= 4 is 11.6 Å². The SMILES string of the molecule is CNC(=O)/C(N=Nc1cc(C)cc(C)c1O)=C(\C)O. The molecule has 0 aliphatic rings. The van der Waals surface area contributed by atoms with E-state index in [0.29, 0.717) is 5.56 Å². The number of likely N-dealkylation sites (N-methyl/N-ethyl adjacent to an activating group) is 1. The summed E-state index contributed by atoms with van der Waals surface area (Å²) in [5.74, 6) is -0.791. The number of amides is 1. The number of hydrogen-bond donors (Lipinski definition) is 3. The number of azo groups is 1. The maximum atomic E-state index is 11.4. The fourth-order valence-corrected chi connectivity index (χ4v) is 1.52. The molecule has 0 aliphatic carbocycles. The molecule has 0 radical (unpaired) electrons. The zero-order valence-corrected chi connectivity index (χ0v) is 11.4. The van der Waals surface area contributed by atoms with E-state index in [1.807, 2.05) is 6.92 Å². The minimum atomic E-state index is -0.549. The number of aliphatic hydroxyl groups excluding tert-OH is 1. The van der Waals surface area contributed by atoms with E-state index in [1.54, 1.807) is 19.1 Å². The number of carbonyl (C=O) groups excluding carboxylic acids is 1. The molecule has 19 heavy (non-hydrogen) atoms. The normalized spacial score (nSPS) is 12.4. The van der Waals surface area contributed by atoms with Gasteiger partial charge < -0.3 is 15.5 Å². The molecule has 0 bridgehead atoms. The molecule has 6 nitrogen and oxygen atoms in total. The number of phenols is 1. The number of phenolic OH excluding ortho intramolecular Hbond substituents is 1. The summed E-state index contributed by atoms with van der Waals surface area (Å²) in [5, 5.41) is 29.1. The third-order valence-electron chi connectivity index (χ3n) is 2.47. The molecule has 102 valence electrons. The quantitative estimate of drug-likeness (QED) is 0.444. The van der Waals surface area contributed by atoms with Crippen molar-refractivity contribution in [2.75, 3.05) is 7.05 Å². The number of nitrogens with zero attached hydrogens (tertiary/aromatic N) is 2. The second-order valence-electron chi connectivity index (χ2n) is 4.16. The molecule has 0 aliphatic heterocycles. The van der Waals surface area contributed by atoms with E-state index in [-0.39, 0.29) is 22.9 Å². The summed E-state index contributed by atoms with van der Waals surface area (Å²) in [5.41, 5.74) is 1.64. The Morgan fingerprint density at radius 1 is 1.32 bits per heavy atom. The van der Waals surface area contributed by atoms with Crippen LogP contribution >= 0.6 is 0 Å². The third-order valence-corrected chi connectivity index (χ3v) is 2.47. The van der Waals surface area contributed by atoms with Gasteiger partial charge in [-0.3, -0.25) is 4.79 Å². The average molecular weight is 263 g/mol. The zero-order valence-electron chi connectivity index (χ0n) is 11.4. The van der Waals surface area contributed by atoms with Crippen LogP contribution in [0.25, 0.3) is 0 Å². The summed E-state index contributed by atoms with van der Waals surface area (Å²) < 4.78 is 0. The Bertz CT molecular complexity index is 558. The Morgan fingerprint density at radius 2 is 1.95 bits per heavy atom. The lowest BCUT2D eigenvalue weighted by molar-refractivity contribution is -0.117. The van der Waals surface area contributed by atoms with E-state index in [2.05, 4.69) is 15.5 Å². The fourth-order valence-electron chi connectivity index (χ4n) is 1.52. The molecule has 0 aromatic heterocycles. The van der Waals surface area contributed by atoms with Crippen LogP contribution in [0.15, 0.2) is 33.8 Å². The van der Waals surface area contributed by atoms with Crippen LogP contribution in [0.2, 0.25) is 0 Å². The van der Waals surface area contributed by atoms with Gasteiger partial charge in [0.25, 0.3) is 5.91 Å². The van der Waals surface area contributed by atoms with Crippen LogP contribution in [-0.4, -0.2) is 23.2 Å². The highest BCUT2D eigenvalue weighted by Gasteiger charge is 2.11. The fraction of sp³-hybridized carbons (Fsp3) is 0.308. The number of allylic oxidation sites excluding steroid dienone is 1. The van der Waals surface area contributed by atoms with E-state index in [0.717, 1.165) is 5.56 Å². The largest absolute Gasteiger partial charge is 0.510 e. The molecule has 0 spiro atoms. The van der Waals surface area contributed by atoms with E-state index in [4.69, 9.17) is 0 Å². The zero-order chi connectivity index (χ0) is 14.6. The van der Waals surface area contributed by atoms with Gasteiger partial charge in [0.05, 0.1) is 0 Å². The first-order valence-electron chi connectivity index (χ1n) is 5.70. The molecule has 0 atom stereocenters. The second kappa shape index (κ2) is 5.99. The lowest BCUT2D eigenvalue weighted by atomic mass is 10.1. The summed E-state index contributed by atoms with van der Waals surface area (Å²) in [6, 6.07) is 3.45. The summed E-state index contributed by atoms with van der Waals surface area (Å²) in [6.07, 6.45) is 0. The molecule has 1 aromatic rings. The number of benzene rings is 1. The van der Waals surface area contributed by atoms with Gasteiger partial charge in [0.15, 0.2) is 5.70 Å². The van der Waals surface area contributed by atoms with Gasteiger partial charge in [-0.05, 0) is 38.0 Å². The molecule has 1 amide bonds. The van der Waals surface area contributed by atoms with Crippen LogP contribution in [0.5, 0.6) is 5.75 Å². The molecule has 0 fully saturated rings. The van der Waals surface area contributed by atoms with Crippen molar-refractivity contribution in [1.29, 1.82) is 0 Å². The van der Waals surface area contributed by atoms with Crippen molar-refractivity contribution in [3.8, 4) is 5.75 Å². The van der Waals surface area contributed by atoms with Crippen LogP contribution in [0.4, 0.5) is 5.69 Å². The monoisotopic (exact) mass is 263 g/mol. The van der Waals surface area contributed by atoms with Crippen LogP contribution in [-0.2, 0) is 4.79 Å². The first-order valence-corrected chi connectivity index (χ1v) is 5.70. The lowest BCUT2D eigenvalue weighted by Gasteiger charge is -2.04. The molecule has 0 saturated heterocycles. The van der Waals surface area contributed by atoms with Crippen LogP contribution in [0, 0.1) is 13.8 Å². The maximum absolute atomic E-state index is 11.4. The van der Waals surface area contributed by atoms with Crippen molar-refractivity contribution < 1.29 is 15.0 Å². The molecule has 1 aromatic carbocycles. The molecular weight excluding hydrogens is 246 g/mol. The number of nitrogens with one attached hydrogen (secondary N) is 1. The van der Waals surface area contributed by atoms with Gasteiger partial charge in [-0.15, -0.1) is 10.2 Å². The minimum Gasteiger partial charge on any atom is -0.510 e. The first-order chi connectivity index (χ1) is 8.86. The van der Waals surface area contributed by atoms with Gasteiger partial charge in [-0.2, -0.15) is 0 Å². The van der Waals surface area contributed by atoms with Crippen molar-refractivity contribution in [1.82, 2.24) is 5.32 Å². The standard InChI is InChI=1S/C13H17N3O3/c1-7-5-8(2)12(18)10(6-7)15-16-11(9(3)17)13(19)14-4/h5-6,17-18H,1-4H3,(H,14,19)/b11-9-,16-15?. The van der Waals surface area contributed by atoms with E-state index < -0.39 is 5.91 Å². The molecule has 0 unspecified atom stereocenters. The number of hydrogen-bond acceptors (Lipinski definition) is 5. The lowest BCUT2D eigenvalue weighted by Crippen LogP contribution is -2.20. The van der Waals surface area contributed by atoms with Crippen LogP contribution in [0.1, 0.15) is 18.1 Å². The highest BCUT2D eigenvalue weighted by atomic mass is 16.3. The van der Waals surface area contributed by atoms with Gasteiger partial charge in [0, 0.05) is 7.05 Å². The van der Waals surface area contributed by atoms with Crippen molar-refractivity contribution in [2.45, 2.75) is 20.8 Å². The van der Waals surface area contributed by atoms with E-state index in [9.17, 15) is 15.0 Å². The molecule has 3 N–H and O–H groups in total. The molecule has 0 saturated carbocycles. The van der Waals surface area contributed by atoms with Crippen LogP contribution in [0.3, 0.4) is 0 Å². The number of aryl methyl sites for hydroxylation is 2. The summed E-state index contributed by atoms with van der Waals surface area (Å²) in [7, 11) is 1.43. The Labute approximate surface area is 111 Å². The van der Waals surface area contributed by atoms with Crippen molar-refractivity contribution in [2.24, 2.45) is 10.2 Å². The molecule has 1 rings (SSSR count). The molecular formula is C13H17N3O3. The van der Waals surface area contributed by atoms with Gasteiger partial charge in [-0.1, -0.05) is 6.07 Å². The summed E-state index contributed by atoms with van der Waals surface area (Å²) in [4.78, 5) is 11.4. The summed E-state index contributed by atoms with van der Waals surface area (Å²) >= 11 is 0. The Kier molecular flexibility index (Phi) is 4.63. The van der Waals surface area contributed by atoms with Gasteiger partial charge in [0.2, 0.25) is 0 Å². The van der Waals surface area contributed by atoms with Gasteiger partial charge in [-0.25, -0.2) is 0 Å². The van der Waals surface area contributed by atoms with Crippen molar-refractivity contribution in [3.63, 3.8) is 0 Å². The second-order valence-corrected chi connectivity index (χ2v) is 4.16. The van der Waals surface area contributed by atoms with E-state index in [1.165, 1.54) is 14.0 Å². The van der Waals surface area contributed by atoms with Crippen LogP contribution < -0.4 is 5.32 Å². The first kappa shape index (κ1) is 14.7. The highest BCUT2D eigenvalue weighted by Crippen LogP contribution is 2.31. The number of carbonyl (C=O) groups is 1. The smallest absolute Gasteiger partial charge is 0.275 e. The number of rotatable bonds is 3. The minimum absolute atomic E-state index is 0.00111. The number of aromatic hydroxyl groups is 1. The Morgan fingerprint density at radius 3 is 2.47 bits per heavy atom.